The fraction of sp³-hybridized carbons (Fsp3) is 0.273. The molecule has 0 saturated carbocycles. The van der Waals surface area contributed by atoms with Gasteiger partial charge in [-0.25, -0.2) is 0 Å². The van der Waals surface area contributed by atoms with Gasteiger partial charge in [0.15, 0.2) is 17.3 Å². The highest BCUT2D eigenvalue weighted by Gasteiger charge is 2.26. The average Bonchev–Trinajstić information content (AvgIpc) is 3.19. The highest BCUT2D eigenvalue weighted by molar-refractivity contribution is 6.16. The van der Waals surface area contributed by atoms with E-state index in [1.165, 1.54) is 0 Å². The summed E-state index contributed by atoms with van der Waals surface area (Å²) in [7, 11) is 2.12. The maximum atomic E-state index is 13.3. The molecule has 150 valence electrons. The fourth-order valence-electron chi connectivity index (χ4n) is 3.85. The molecule has 6 nitrogen and oxygen atoms in total. The predicted octanol–water partition coefficient (Wildman–Crippen LogP) is 3.37. The number of pyridine rings is 1. The van der Waals surface area contributed by atoms with Gasteiger partial charge in [-0.3, -0.25) is 9.78 Å². The van der Waals surface area contributed by atoms with Gasteiger partial charge in [-0.15, -0.1) is 12.4 Å². The maximum Gasteiger partial charge on any atom is 0.231 e. The first-order valence-electron chi connectivity index (χ1n) is 9.46. The molecular weight excluding hydrogens is 390 g/mol. The third kappa shape index (κ3) is 3.50. The lowest BCUT2D eigenvalue weighted by atomic mass is 9.99. The molecule has 1 aromatic heterocycles. The second kappa shape index (κ2) is 7.89. The van der Waals surface area contributed by atoms with Gasteiger partial charge in [-0.2, -0.15) is 0 Å². The summed E-state index contributed by atoms with van der Waals surface area (Å²) in [6.07, 6.45) is 1.70. The van der Waals surface area contributed by atoms with Crippen LogP contribution in [0.3, 0.4) is 0 Å². The summed E-state index contributed by atoms with van der Waals surface area (Å²) in [6, 6.07) is 13.2. The first-order chi connectivity index (χ1) is 13.7. The van der Waals surface area contributed by atoms with Crippen LogP contribution in [0.5, 0.6) is 11.5 Å². The predicted molar refractivity (Wildman–Crippen MR) is 115 cm³/mol. The summed E-state index contributed by atoms with van der Waals surface area (Å²) in [4.78, 5) is 22.5. The number of rotatable bonds is 3. The van der Waals surface area contributed by atoms with Crippen molar-refractivity contribution in [2.24, 2.45) is 0 Å². The molecular formula is C22H22ClN3O3. The van der Waals surface area contributed by atoms with Crippen molar-refractivity contribution in [1.82, 2.24) is 9.88 Å². The number of anilines is 1. The summed E-state index contributed by atoms with van der Waals surface area (Å²) < 4.78 is 11.1. The molecule has 2 aromatic carbocycles. The van der Waals surface area contributed by atoms with Crippen molar-refractivity contribution in [1.29, 1.82) is 0 Å². The number of nitrogens with zero attached hydrogens (tertiary/aromatic N) is 3. The lowest BCUT2D eigenvalue weighted by Gasteiger charge is -2.35. The molecule has 0 unspecified atom stereocenters. The quantitative estimate of drug-likeness (QED) is 0.616. The lowest BCUT2D eigenvalue weighted by molar-refractivity contribution is 0.103. The molecule has 2 aliphatic heterocycles. The number of carbonyl (C=O) groups excluding carboxylic acids is 1. The third-order valence-electron chi connectivity index (χ3n) is 5.43. The Morgan fingerprint density at radius 1 is 1.00 bits per heavy atom. The van der Waals surface area contributed by atoms with Crippen LogP contribution < -0.4 is 14.4 Å². The Morgan fingerprint density at radius 2 is 1.69 bits per heavy atom. The molecule has 0 amide bonds. The van der Waals surface area contributed by atoms with E-state index in [-0.39, 0.29) is 25.0 Å². The summed E-state index contributed by atoms with van der Waals surface area (Å²) in [5.41, 5.74) is 3.04. The summed E-state index contributed by atoms with van der Waals surface area (Å²) >= 11 is 0. The number of benzene rings is 2. The minimum atomic E-state index is -0.0124. The molecule has 0 atom stereocenters. The van der Waals surface area contributed by atoms with E-state index < -0.39 is 0 Å². The van der Waals surface area contributed by atoms with Gasteiger partial charge in [0.1, 0.15) is 0 Å². The van der Waals surface area contributed by atoms with Gasteiger partial charge >= 0.3 is 0 Å². The second-order valence-electron chi connectivity index (χ2n) is 7.23. The number of piperazine rings is 1. The molecule has 29 heavy (non-hydrogen) atoms. The molecule has 0 aliphatic carbocycles. The molecule has 0 radical (unpaired) electrons. The molecule has 2 aliphatic rings. The normalized spacial score (nSPS) is 16.0. The number of aromatic nitrogens is 1. The molecule has 7 heteroatoms. The summed E-state index contributed by atoms with van der Waals surface area (Å²) in [6.45, 7) is 3.84. The molecule has 0 bridgehead atoms. The van der Waals surface area contributed by atoms with Crippen molar-refractivity contribution in [2.75, 3.05) is 44.9 Å². The minimum absolute atomic E-state index is 0. The Kier molecular flexibility index (Phi) is 5.30. The van der Waals surface area contributed by atoms with Crippen LogP contribution in [0.1, 0.15) is 15.9 Å². The first-order valence-corrected chi connectivity index (χ1v) is 9.46. The number of likely N-dealkylation sites (N-methyl/N-ethyl adjacent to an activating group) is 1. The van der Waals surface area contributed by atoms with Crippen LogP contribution in [0.4, 0.5) is 5.69 Å². The van der Waals surface area contributed by atoms with Crippen LogP contribution in [-0.4, -0.2) is 55.7 Å². The topological polar surface area (TPSA) is 54.9 Å². The number of ketones is 1. The summed E-state index contributed by atoms with van der Waals surface area (Å²) in [5.74, 6) is 1.39. The average molecular weight is 412 g/mol. The Balaban J connectivity index is 0.00000205. The van der Waals surface area contributed by atoms with E-state index in [2.05, 4.69) is 21.8 Å². The molecule has 0 spiro atoms. The Bertz CT molecular complexity index is 1050. The molecule has 1 saturated heterocycles. The van der Waals surface area contributed by atoms with Crippen molar-refractivity contribution in [3.05, 3.63) is 59.8 Å². The number of hydrogen-bond acceptors (Lipinski definition) is 6. The maximum absolute atomic E-state index is 13.3. The van der Waals surface area contributed by atoms with Crippen LogP contribution >= 0.6 is 12.4 Å². The second-order valence-corrected chi connectivity index (χ2v) is 7.23. The van der Waals surface area contributed by atoms with Crippen LogP contribution in [0, 0.1) is 0 Å². The summed E-state index contributed by atoms with van der Waals surface area (Å²) in [5, 5.41) is 0.926. The van der Waals surface area contributed by atoms with Gasteiger partial charge < -0.3 is 19.3 Å². The van der Waals surface area contributed by atoms with Gasteiger partial charge in [-0.1, -0.05) is 30.3 Å². The first kappa shape index (κ1) is 19.5. The van der Waals surface area contributed by atoms with Crippen LogP contribution in [0.15, 0.2) is 48.7 Å². The van der Waals surface area contributed by atoms with E-state index in [4.69, 9.17) is 9.47 Å². The zero-order valence-electron chi connectivity index (χ0n) is 16.1. The van der Waals surface area contributed by atoms with E-state index in [1.807, 2.05) is 42.5 Å². The zero-order valence-corrected chi connectivity index (χ0v) is 16.9. The zero-order chi connectivity index (χ0) is 19.1. The fourth-order valence-corrected chi connectivity index (χ4v) is 3.85. The molecule has 1 fully saturated rings. The molecule has 3 heterocycles. The SMILES string of the molecule is CN1CCN(c2c(C(=O)c3ccccc3)cnc3cc4c(cc23)OCO4)CC1.Cl. The van der Waals surface area contributed by atoms with Gasteiger partial charge in [0.2, 0.25) is 6.79 Å². The Labute approximate surface area is 175 Å². The van der Waals surface area contributed by atoms with Gasteiger partial charge in [0.25, 0.3) is 0 Å². The Hall–Kier alpha value is -2.83. The van der Waals surface area contributed by atoms with E-state index in [1.54, 1.807) is 6.20 Å². The molecule has 0 N–H and O–H groups in total. The third-order valence-corrected chi connectivity index (χ3v) is 5.43. The highest BCUT2D eigenvalue weighted by Crippen LogP contribution is 2.40. The van der Waals surface area contributed by atoms with Crippen molar-refractivity contribution < 1.29 is 14.3 Å². The highest BCUT2D eigenvalue weighted by atomic mass is 35.5. The number of carbonyl (C=O) groups is 1. The standard InChI is InChI=1S/C22H21N3O3.ClH/c1-24-7-9-25(10-8-24)21-16-11-19-20(28-14-27-19)12-18(16)23-13-17(21)22(26)15-5-3-2-4-6-15;/h2-6,11-13H,7-10,14H2,1H3;1H. The monoisotopic (exact) mass is 411 g/mol. The van der Waals surface area contributed by atoms with Crippen LogP contribution in [0.2, 0.25) is 0 Å². The van der Waals surface area contributed by atoms with E-state index in [9.17, 15) is 4.79 Å². The van der Waals surface area contributed by atoms with Gasteiger partial charge in [0, 0.05) is 49.4 Å². The van der Waals surface area contributed by atoms with E-state index in [0.29, 0.717) is 22.6 Å². The van der Waals surface area contributed by atoms with Crippen LogP contribution in [-0.2, 0) is 0 Å². The van der Waals surface area contributed by atoms with Gasteiger partial charge in [0.05, 0.1) is 16.8 Å². The smallest absolute Gasteiger partial charge is 0.231 e. The van der Waals surface area contributed by atoms with Crippen molar-refractivity contribution in [3.8, 4) is 11.5 Å². The van der Waals surface area contributed by atoms with Crippen molar-refractivity contribution >= 4 is 34.8 Å². The Morgan fingerprint density at radius 3 is 2.41 bits per heavy atom. The molecule has 3 aromatic rings. The molecule has 5 rings (SSSR count). The lowest BCUT2D eigenvalue weighted by Crippen LogP contribution is -2.45. The largest absolute Gasteiger partial charge is 0.454 e. The number of hydrogen-bond donors (Lipinski definition) is 0. The van der Waals surface area contributed by atoms with Crippen molar-refractivity contribution in [2.45, 2.75) is 0 Å². The van der Waals surface area contributed by atoms with Crippen molar-refractivity contribution in [3.63, 3.8) is 0 Å². The number of fused-ring (bicyclic) bond motifs is 2. The van der Waals surface area contributed by atoms with Crippen LogP contribution in [0.25, 0.3) is 10.9 Å². The minimum Gasteiger partial charge on any atom is -0.454 e. The number of ether oxygens (including phenoxy) is 2. The van der Waals surface area contributed by atoms with Gasteiger partial charge in [-0.05, 0) is 13.1 Å². The van der Waals surface area contributed by atoms with E-state index >= 15 is 0 Å². The number of halogens is 1. The van der Waals surface area contributed by atoms with E-state index in [0.717, 1.165) is 42.8 Å².